The van der Waals surface area contributed by atoms with E-state index in [1.165, 1.54) is 38.5 Å². The maximum atomic E-state index is 12.4. The third kappa shape index (κ3) is 2.97. The fourth-order valence-corrected chi connectivity index (χ4v) is 4.24. The highest BCUT2D eigenvalue weighted by molar-refractivity contribution is 5.81. The van der Waals surface area contributed by atoms with Gasteiger partial charge in [-0.3, -0.25) is 4.79 Å². The second kappa shape index (κ2) is 6.11. The summed E-state index contributed by atoms with van der Waals surface area (Å²) < 4.78 is 2.02. The van der Waals surface area contributed by atoms with Gasteiger partial charge in [0, 0.05) is 38.2 Å². The summed E-state index contributed by atoms with van der Waals surface area (Å²) in [5.41, 5.74) is 0. The summed E-state index contributed by atoms with van der Waals surface area (Å²) in [5, 5.41) is 0. The first-order valence-corrected chi connectivity index (χ1v) is 8.23. The smallest absolute Gasteiger partial charge is 0.136 e. The van der Waals surface area contributed by atoms with Crippen LogP contribution in [0.15, 0.2) is 12.4 Å². The van der Waals surface area contributed by atoms with Crippen molar-refractivity contribution in [1.82, 2.24) is 9.55 Å². The van der Waals surface area contributed by atoms with Gasteiger partial charge in [-0.1, -0.05) is 25.7 Å². The molecule has 2 aliphatic rings. The Kier molecular flexibility index (Phi) is 4.23. The van der Waals surface area contributed by atoms with Crippen LogP contribution in [0.4, 0.5) is 0 Å². The number of imidazole rings is 1. The third-order valence-electron chi connectivity index (χ3n) is 5.51. The summed E-state index contributed by atoms with van der Waals surface area (Å²) in [5.74, 6) is 3.64. The van der Waals surface area contributed by atoms with E-state index in [4.69, 9.17) is 0 Å². The largest absolute Gasteiger partial charge is 0.338 e. The van der Waals surface area contributed by atoms with Crippen LogP contribution in [0.5, 0.6) is 0 Å². The Hall–Kier alpha value is -1.12. The number of hydrogen-bond acceptors (Lipinski definition) is 2. The van der Waals surface area contributed by atoms with Crippen molar-refractivity contribution in [3.8, 4) is 0 Å². The van der Waals surface area contributed by atoms with Crippen LogP contribution in [0.25, 0.3) is 0 Å². The molecule has 0 aromatic carbocycles. The van der Waals surface area contributed by atoms with Gasteiger partial charge in [0.15, 0.2) is 0 Å². The van der Waals surface area contributed by atoms with Crippen molar-refractivity contribution in [1.29, 1.82) is 0 Å². The highest BCUT2D eigenvalue weighted by Crippen LogP contribution is 2.43. The van der Waals surface area contributed by atoms with Crippen molar-refractivity contribution in [3.05, 3.63) is 18.2 Å². The maximum Gasteiger partial charge on any atom is 0.136 e. The lowest BCUT2D eigenvalue weighted by atomic mass is 9.66. The quantitative estimate of drug-likeness (QED) is 0.842. The molecule has 0 radical (unpaired) electrons. The fourth-order valence-electron chi connectivity index (χ4n) is 4.24. The molecule has 2 fully saturated rings. The van der Waals surface area contributed by atoms with E-state index in [2.05, 4.69) is 4.98 Å². The van der Waals surface area contributed by atoms with E-state index in [9.17, 15) is 4.79 Å². The number of Topliss-reactive ketones (excluding diaryl/α,β-unsaturated/α-hetero) is 1. The average molecular weight is 274 g/mol. The van der Waals surface area contributed by atoms with Crippen molar-refractivity contribution in [2.24, 2.45) is 24.8 Å². The molecule has 0 amide bonds. The lowest BCUT2D eigenvalue weighted by Crippen LogP contribution is -2.31. The molecular formula is C17H26N2O. The zero-order chi connectivity index (χ0) is 13.9. The molecule has 0 saturated heterocycles. The van der Waals surface area contributed by atoms with Gasteiger partial charge < -0.3 is 4.57 Å². The van der Waals surface area contributed by atoms with Crippen LogP contribution in [0.2, 0.25) is 0 Å². The van der Waals surface area contributed by atoms with Crippen molar-refractivity contribution in [3.63, 3.8) is 0 Å². The Morgan fingerprint density at radius 2 is 2.05 bits per heavy atom. The predicted molar refractivity (Wildman–Crippen MR) is 79.3 cm³/mol. The Bertz CT molecular complexity index is 465. The molecule has 0 spiro atoms. The van der Waals surface area contributed by atoms with E-state index in [1.807, 2.05) is 24.0 Å². The Labute approximate surface area is 121 Å². The van der Waals surface area contributed by atoms with E-state index in [1.54, 1.807) is 0 Å². The molecule has 3 atom stereocenters. The number of carbonyl (C=O) groups is 1. The lowest BCUT2D eigenvalue weighted by Gasteiger charge is -2.38. The van der Waals surface area contributed by atoms with Gasteiger partial charge in [0.1, 0.15) is 11.6 Å². The first-order valence-electron chi connectivity index (χ1n) is 8.23. The van der Waals surface area contributed by atoms with Crippen molar-refractivity contribution < 1.29 is 4.79 Å². The molecule has 1 aromatic heterocycles. The summed E-state index contributed by atoms with van der Waals surface area (Å²) in [4.78, 5) is 16.8. The van der Waals surface area contributed by atoms with E-state index < -0.39 is 0 Å². The Balaban J connectivity index is 1.51. The molecule has 2 saturated carbocycles. The second-order valence-electron chi connectivity index (χ2n) is 6.74. The van der Waals surface area contributed by atoms with Gasteiger partial charge in [0.05, 0.1) is 0 Å². The first kappa shape index (κ1) is 13.8. The number of aryl methyl sites for hydroxylation is 2. The molecule has 1 aromatic rings. The fraction of sp³-hybridized carbons (Fsp3) is 0.765. The van der Waals surface area contributed by atoms with E-state index in [0.717, 1.165) is 30.5 Å². The van der Waals surface area contributed by atoms with Crippen molar-refractivity contribution >= 4 is 5.78 Å². The normalized spacial score (nSPS) is 29.9. The van der Waals surface area contributed by atoms with Gasteiger partial charge >= 0.3 is 0 Å². The molecule has 2 aliphatic carbocycles. The monoisotopic (exact) mass is 274 g/mol. The van der Waals surface area contributed by atoms with Crippen LogP contribution in [0.3, 0.4) is 0 Å². The minimum atomic E-state index is 0.342. The molecule has 3 nitrogen and oxygen atoms in total. The predicted octanol–water partition coefficient (Wildman–Crippen LogP) is 3.53. The van der Waals surface area contributed by atoms with Crippen LogP contribution in [-0.2, 0) is 18.3 Å². The van der Waals surface area contributed by atoms with Gasteiger partial charge in [-0.25, -0.2) is 4.98 Å². The molecule has 20 heavy (non-hydrogen) atoms. The molecule has 3 heteroatoms. The zero-order valence-electron chi connectivity index (χ0n) is 12.6. The number of rotatable bonds is 4. The molecule has 110 valence electrons. The van der Waals surface area contributed by atoms with Crippen molar-refractivity contribution in [2.75, 3.05) is 0 Å². The van der Waals surface area contributed by atoms with Gasteiger partial charge in [0.2, 0.25) is 0 Å². The van der Waals surface area contributed by atoms with Gasteiger partial charge in [-0.05, 0) is 31.1 Å². The highest BCUT2D eigenvalue weighted by Gasteiger charge is 2.34. The number of carbonyl (C=O) groups excluding carboxylic acids is 1. The van der Waals surface area contributed by atoms with E-state index >= 15 is 0 Å². The average Bonchev–Trinajstić information content (AvgIpc) is 2.89. The van der Waals surface area contributed by atoms with Crippen molar-refractivity contribution in [2.45, 2.75) is 57.8 Å². The molecule has 3 rings (SSSR count). The lowest BCUT2D eigenvalue weighted by molar-refractivity contribution is -0.125. The SMILES string of the molecule is Cn1ccnc1CCC(=O)C1CCC2CCCCC2C1. The number of fused-ring (bicyclic) bond motifs is 1. The molecule has 0 aliphatic heterocycles. The topological polar surface area (TPSA) is 34.9 Å². The number of ketones is 1. The molecule has 0 bridgehead atoms. The second-order valence-corrected chi connectivity index (χ2v) is 6.74. The third-order valence-corrected chi connectivity index (χ3v) is 5.51. The van der Waals surface area contributed by atoms with Gasteiger partial charge in [-0.2, -0.15) is 0 Å². The first-order chi connectivity index (χ1) is 9.74. The molecular weight excluding hydrogens is 248 g/mol. The molecule has 3 unspecified atom stereocenters. The Morgan fingerprint density at radius 1 is 1.25 bits per heavy atom. The van der Waals surface area contributed by atoms with E-state index in [0.29, 0.717) is 18.1 Å². The zero-order valence-corrected chi connectivity index (χ0v) is 12.6. The van der Waals surface area contributed by atoms with Crippen LogP contribution in [-0.4, -0.2) is 15.3 Å². The summed E-state index contributed by atoms with van der Waals surface area (Å²) in [6.45, 7) is 0. The number of nitrogens with zero attached hydrogens (tertiary/aromatic N) is 2. The minimum absolute atomic E-state index is 0.342. The van der Waals surface area contributed by atoms with Crippen LogP contribution in [0, 0.1) is 17.8 Å². The summed E-state index contributed by atoms with van der Waals surface area (Å²) in [6, 6.07) is 0. The van der Waals surface area contributed by atoms with Crippen LogP contribution < -0.4 is 0 Å². The maximum absolute atomic E-state index is 12.4. The summed E-state index contributed by atoms with van der Waals surface area (Å²) in [6.07, 6.45) is 14.4. The van der Waals surface area contributed by atoms with Crippen LogP contribution >= 0.6 is 0 Å². The van der Waals surface area contributed by atoms with Crippen LogP contribution in [0.1, 0.15) is 57.2 Å². The van der Waals surface area contributed by atoms with Gasteiger partial charge in [0.25, 0.3) is 0 Å². The summed E-state index contributed by atoms with van der Waals surface area (Å²) in [7, 11) is 2.00. The minimum Gasteiger partial charge on any atom is -0.338 e. The molecule has 0 N–H and O–H groups in total. The standard InChI is InChI=1S/C17H26N2O/c1-19-11-10-18-17(19)9-8-16(20)15-7-6-13-4-2-3-5-14(13)12-15/h10-11,13-15H,2-9,12H2,1H3. The summed E-state index contributed by atoms with van der Waals surface area (Å²) >= 11 is 0. The molecule has 1 heterocycles. The number of hydrogen-bond donors (Lipinski definition) is 0. The number of aromatic nitrogens is 2. The highest BCUT2D eigenvalue weighted by atomic mass is 16.1. The Morgan fingerprint density at radius 3 is 2.80 bits per heavy atom. The van der Waals surface area contributed by atoms with E-state index in [-0.39, 0.29) is 0 Å². The van der Waals surface area contributed by atoms with Gasteiger partial charge in [-0.15, -0.1) is 0 Å².